The zero-order valence-electron chi connectivity index (χ0n) is 18.5. The van der Waals surface area contributed by atoms with Gasteiger partial charge in [0.15, 0.2) is 29.8 Å². The van der Waals surface area contributed by atoms with Crippen LogP contribution in [0.4, 0.5) is 5.13 Å². The number of fused-ring (bicyclic) bond motifs is 1. The van der Waals surface area contributed by atoms with Crippen LogP contribution in [0.5, 0.6) is 0 Å². The first kappa shape index (κ1) is 23.6. The van der Waals surface area contributed by atoms with E-state index < -0.39 is 29.2 Å². The lowest BCUT2D eigenvalue weighted by Crippen LogP contribution is -2.71. The number of nitrogens with zero attached hydrogens (tertiary/aromatic N) is 5. The van der Waals surface area contributed by atoms with Gasteiger partial charge >= 0.3 is 0 Å². The van der Waals surface area contributed by atoms with Crippen molar-refractivity contribution >= 4 is 51.7 Å². The molecule has 0 radical (unpaired) electrons. The Labute approximate surface area is 202 Å². The molecule has 2 amide bonds. The number of carbonyl (C=O) groups excluding carboxylic acids is 3. The first-order chi connectivity index (χ1) is 16.2. The van der Waals surface area contributed by atoms with Gasteiger partial charge in [-0.05, 0) is 13.8 Å². The number of aliphatic carboxylic acids is 1. The molecule has 0 bridgehead atoms. The fourth-order valence-electron chi connectivity index (χ4n) is 3.86. The normalized spacial score (nSPS) is 20.0. The Balaban J connectivity index is 1.55. The molecule has 0 aromatic carbocycles. The number of carbonyl (C=O) groups is 3. The average molecular weight is 504 g/mol. The van der Waals surface area contributed by atoms with Crippen LogP contribution in [0.3, 0.4) is 0 Å². The van der Waals surface area contributed by atoms with Crippen LogP contribution in [0.2, 0.25) is 0 Å². The summed E-state index contributed by atoms with van der Waals surface area (Å²) >= 11 is 2.48. The van der Waals surface area contributed by atoms with Crippen LogP contribution in [0, 0.1) is 13.8 Å². The second kappa shape index (κ2) is 9.38. The smallest absolute Gasteiger partial charge is 0.276 e. The van der Waals surface area contributed by atoms with Gasteiger partial charge in [0.25, 0.3) is 11.8 Å². The van der Waals surface area contributed by atoms with Gasteiger partial charge in [-0.25, -0.2) is 9.97 Å². The molecule has 2 aromatic heterocycles. The van der Waals surface area contributed by atoms with Crippen molar-refractivity contribution in [2.45, 2.75) is 31.8 Å². The molecule has 178 valence electrons. The maximum absolute atomic E-state index is 12.9. The lowest BCUT2D eigenvalue weighted by atomic mass is 10.0. The second-order valence-corrected chi connectivity index (χ2v) is 9.61. The topological polar surface area (TPSA) is 167 Å². The highest BCUT2D eigenvalue weighted by Crippen LogP contribution is 2.40. The number of aryl methyl sites for hydroxylation is 2. The molecule has 4 rings (SSSR count). The van der Waals surface area contributed by atoms with Crippen LogP contribution >= 0.6 is 23.1 Å². The Hall–Kier alpha value is -3.52. The molecule has 34 heavy (non-hydrogen) atoms. The fraction of sp³-hybridized carbons (Fsp3) is 0.350. The van der Waals surface area contributed by atoms with Gasteiger partial charge in [-0.3, -0.25) is 14.5 Å². The van der Waals surface area contributed by atoms with Crippen LogP contribution in [-0.2, 0) is 25.8 Å². The molecule has 2 aliphatic heterocycles. The quantitative estimate of drug-likeness (QED) is 0.197. The number of nitrogen functional groups attached to an aromatic ring is 1. The van der Waals surface area contributed by atoms with Gasteiger partial charge < -0.3 is 25.8 Å². The van der Waals surface area contributed by atoms with Crippen LogP contribution in [0.1, 0.15) is 17.1 Å². The molecule has 3 N–H and O–H groups in total. The Morgan fingerprint density at radius 3 is 2.65 bits per heavy atom. The molecule has 1 unspecified atom stereocenters. The van der Waals surface area contributed by atoms with Gasteiger partial charge in [-0.2, -0.15) is 4.57 Å². The molecule has 0 spiro atoms. The van der Waals surface area contributed by atoms with E-state index in [-0.39, 0.29) is 28.8 Å². The SMILES string of the molecule is CON=C(C(=O)NC1C(=O)N2C(C(=O)[O-])=C(C[n+]3cc(C)nc(C)c3)CS[C@@H]12)c1csc(N)n1. The van der Waals surface area contributed by atoms with Gasteiger partial charge in [-0.15, -0.1) is 23.1 Å². The van der Waals surface area contributed by atoms with E-state index >= 15 is 0 Å². The highest BCUT2D eigenvalue weighted by atomic mass is 32.2. The molecular formula is C20H21N7O5S2. The van der Waals surface area contributed by atoms with Crippen molar-refractivity contribution in [2.24, 2.45) is 5.16 Å². The van der Waals surface area contributed by atoms with E-state index in [1.165, 1.54) is 23.8 Å². The predicted octanol–water partition coefficient (Wildman–Crippen LogP) is -1.52. The third-order valence-electron chi connectivity index (χ3n) is 5.12. The molecule has 1 fully saturated rings. The van der Waals surface area contributed by atoms with Crippen LogP contribution in [0.25, 0.3) is 0 Å². The third kappa shape index (κ3) is 4.46. The van der Waals surface area contributed by atoms with Crippen molar-refractivity contribution in [3.8, 4) is 0 Å². The van der Waals surface area contributed by atoms with Crippen LogP contribution in [0.15, 0.2) is 34.2 Å². The number of nitrogens with one attached hydrogen (secondary N) is 1. The van der Waals surface area contributed by atoms with E-state index in [0.29, 0.717) is 11.3 Å². The molecule has 2 aliphatic rings. The highest BCUT2D eigenvalue weighted by molar-refractivity contribution is 8.00. The molecule has 4 heterocycles. The van der Waals surface area contributed by atoms with Crippen LogP contribution in [-0.4, -0.2) is 62.6 Å². The second-order valence-electron chi connectivity index (χ2n) is 7.62. The lowest BCUT2D eigenvalue weighted by Gasteiger charge is -2.50. The monoisotopic (exact) mass is 503 g/mol. The van der Waals surface area contributed by atoms with E-state index in [4.69, 9.17) is 10.6 Å². The number of anilines is 1. The molecule has 0 saturated carbocycles. The summed E-state index contributed by atoms with van der Waals surface area (Å²) in [5, 5.41) is 19.5. The van der Waals surface area contributed by atoms with Crippen molar-refractivity contribution in [1.29, 1.82) is 0 Å². The molecule has 14 heteroatoms. The van der Waals surface area contributed by atoms with Gasteiger partial charge in [0.1, 0.15) is 35.6 Å². The highest BCUT2D eigenvalue weighted by Gasteiger charge is 2.53. The molecule has 2 aromatic rings. The summed E-state index contributed by atoms with van der Waals surface area (Å²) in [5.41, 5.74) is 7.64. The maximum atomic E-state index is 12.9. The van der Waals surface area contributed by atoms with Gasteiger partial charge in [0, 0.05) is 16.7 Å². The summed E-state index contributed by atoms with van der Waals surface area (Å²) in [6, 6.07) is -0.940. The minimum atomic E-state index is -1.44. The maximum Gasteiger partial charge on any atom is 0.276 e. The number of thiazole rings is 1. The van der Waals surface area contributed by atoms with E-state index in [1.807, 2.05) is 18.4 Å². The summed E-state index contributed by atoms with van der Waals surface area (Å²) in [6.45, 7) is 3.96. The number of carboxylic acid groups (broad SMARTS) is 1. The van der Waals surface area contributed by atoms with E-state index in [2.05, 4.69) is 20.4 Å². The number of hydrogen-bond acceptors (Lipinski definition) is 11. The van der Waals surface area contributed by atoms with Gasteiger partial charge in [-0.1, -0.05) is 5.16 Å². The first-order valence-corrected chi connectivity index (χ1v) is 12.0. The van der Waals surface area contributed by atoms with E-state index in [0.717, 1.165) is 22.7 Å². The number of amides is 2. The molecule has 0 aliphatic carbocycles. The molecule has 1 saturated heterocycles. The first-order valence-electron chi connectivity index (χ1n) is 10.1. The zero-order valence-corrected chi connectivity index (χ0v) is 20.1. The Bertz CT molecular complexity index is 1220. The predicted molar refractivity (Wildman–Crippen MR) is 121 cm³/mol. The summed E-state index contributed by atoms with van der Waals surface area (Å²) < 4.78 is 1.83. The number of nitrogens with two attached hydrogens (primary N) is 1. The molecule has 12 nitrogen and oxygen atoms in total. The summed E-state index contributed by atoms with van der Waals surface area (Å²) in [5.74, 6) is -2.34. The number of carboxylic acids is 1. The summed E-state index contributed by atoms with van der Waals surface area (Å²) in [6.07, 6.45) is 3.60. The van der Waals surface area contributed by atoms with Crippen molar-refractivity contribution in [1.82, 2.24) is 20.2 Å². The number of thioether (sulfide) groups is 1. The van der Waals surface area contributed by atoms with Crippen molar-refractivity contribution < 1.29 is 28.9 Å². The number of β-lactam (4-membered cyclic amide) rings is 1. The Kier molecular flexibility index (Phi) is 6.52. The number of hydrogen-bond donors (Lipinski definition) is 2. The van der Waals surface area contributed by atoms with Gasteiger partial charge in [0.2, 0.25) is 0 Å². The molecule has 2 atom stereocenters. The average Bonchev–Trinajstić information content (AvgIpc) is 3.20. The summed E-state index contributed by atoms with van der Waals surface area (Å²) in [4.78, 5) is 52.0. The largest absolute Gasteiger partial charge is 0.543 e. The minimum absolute atomic E-state index is 0.140. The molecular weight excluding hydrogens is 482 g/mol. The number of oxime groups is 1. The van der Waals surface area contributed by atoms with E-state index in [9.17, 15) is 19.5 Å². The lowest BCUT2D eigenvalue weighted by molar-refractivity contribution is -0.690. The standard InChI is InChI=1S/C20H21N7O5S2/c1-9-4-26(5-10(2)22-9)6-11-7-33-18-14(17(29)27(18)15(11)19(30)31)24-16(28)13(25-32-3)12-8-34-20(21)23-12/h4-5,8,14,18H,6-7H2,1-3H3,(H3-,21,23,24,28,30,31)/t14?,18-/m0/s1. The Morgan fingerprint density at radius 2 is 2.06 bits per heavy atom. The van der Waals surface area contributed by atoms with Crippen LogP contribution < -0.4 is 20.7 Å². The summed E-state index contributed by atoms with van der Waals surface area (Å²) in [7, 11) is 1.28. The van der Waals surface area contributed by atoms with Crippen molar-refractivity contribution in [2.75, 3.05) is 18.6 Å². The Morgan fingerprint density at radius 1 is 1.35 bits per heavy atom. The third-order valence-corrected chi connectivity index (χ3v) is 7.13. The van der Waals surface area contributed by atoms with Crippen molar-refractivity contribution in [3.05, 3.63) is 46.1 Å². The number of rotatable bonds is 7. The fourth-order valence-corrected chi connectivity index (χ4v) is 5.74. The minimum Gasteiger partial charge on any atom is -0.543 e. The van der Waals surface area contributed by atoms with E-state index in [1.54, 1.807) is 17.8 Å². The van der Waals surface area contributed by atoms with Crippen molar-refractivity contribution in [3.63, 3.8) is 0 Å². The number of aromatic nitrogens is 3. The van der Waals surface area contributed by atoms with Gasteiger partial charge in [0.05, 0.1) is 11.7 Å². The zero-order chi connectivity index (χ0) is 24.6.